The van der Waals surface area contributed by atoms with Crippen molar-refractivity contribution >= 4 is 29.2 Å². The lowest BCUT2D eigenvalue weighted by molar-refractivity contribution is 0.188. The van der Waals surface area contributed by atoms with E-state index in [2.05, 4.69) is 17.1 Å². The molecule has 0 saturated carbocycles. The number of aliphatic hydroxyl groups excluding tert-OH is 1. The maximum absolute atomic E-state index is 9.69. The Morgan fingerprint density at radius 1 is 1.45 bits per heavy atom. The van der Waals surface area contributed by atoms with Crippen molar-refractivity contribution in [2.24, 2.45) is 4.99 Å². The van der Waals surface area contributed by atoms with Gasteiger partial charge in [-0.05, 0) is 31.0 Å². The molecule has 1 saturated heterocycles. The Morgan fingerprint density at radius 3 is 2.68 bits per heavy atom. The van der Waals surface area contributed by atoms with Gasteiger partial charge in [0.05, 0.1) is 6.10 Å². The van der Waals surface area contributed by atoms with E-state index in [0.717, 1.165) is 31.0 Å². The number of hydrogen-bond acceptors (Lipinski definition) is 2. The van der Waals surface area contributed by atoms with E-state index in [1.165, 1.54) is 0 Å². The molecule has 1 aromatic rings. The molecule has 1 aliphatic rings. The van der Waals surface area contributed by atoms with E-state index >= 15 is 0 Å². The molecule has 0 aromatic heterocycles. The molecule has 0 spiro atoms. The number of benzene rings is 1. The van der Waals surface area contributed by atoms with Crippen molar-refractivity contribution in [1.29, 1.82) is 0 Å². The number of likely N-dealkylation sites (tertiary alicyclic amines) is 1. The second kappa shape index (κ2) is 8.04. The second-order valence-corrected chi connectivity index (χ2v) is 6.43. The summed E-state index contributed by atoms with van der Waals surface area (Å²) < 4.78 is 0. The number of halogens is 2. The van der Waals surface area contributed by atoms with E-state index in [4.69, 9.17) is 28.2 Å². The zero-order chi connectivity index (χ0) is 16.1. The van der Waals surface area contributed by atoms with Crippen LogP contribution in [0.15, 0.2) is 23.2 Å². The average Bonchev–Trinajstić information content (AvgIpc) is 2.89. The first-order valence-corrected chi connectivity index (χ1v) is 8.43. The summed E-state index contributed by atoms with van der Waals surface area (Å²) in [5, 5.41) is 14.3. The molecule has 0 aliphatic carbocycles. The third-order valence-corrected chi connectivity index (χ3v) is 4.46. The van der Waals surface area contributed by atoms with Gasteiger partial charge in [0.15, 0.2) is 5.96 Å². The Balaban J connectivity index is 2.09. The molecule has 1 unspecified atom stereocenters. The van der Waals surface area contributed by atoms with Crippen LogP contribution in [0.25, 0.3) is 0 Å². The average molecular weight is 344 g/mol. The number of rotatable bonds is 4. The number of aliphatic hydroxyl groups is 1. The Morgan fingerprint density at radius 2 is 2.14 bits per heavy atom. The fourth-order valence-electron chi connectivity index (χ4n) is 2.66. The summed E-state index contributed by atoms with van der Waals surface area (Å²) in [5.74, 6) is 0.969. The van der Waals surface area contributed by atoms with Crippen molar-refractivity contribution in [2.45, 2.75) is 32.3 Å². The van der Waals surface area contributed by atoms with Crippen LogP contribution in [-0.4, -0.2) is 48.2 Å². The summed E-state index contributed by atoms with van der Waals surface area (Å²) >= 11 is 12.5. The van der Waals surface area contributed by atoms with Gasteiger partial charge in [-0.15, -0.1) is 0 Å². The number of β-amino-alcohol motifs (C(OH)–C–C–N with tert-alkyl or cyclic N) is 1. The van der Waals surface area contributed by atoms with E-state index in [-0.39, 0.29) is 12.0 Å². The first-order valence-electron chi connectivity index (χ1n) is 7.68. The molecule has 2 N–H and O–H groups in total. The third kappa shape index (κ3) is 4.28. The zero-order valence-electron chi connectivity index (χ0n) is 13.0. The molecule has 0 radical (unpaired) electrons. The molecule has 2 atom stereocenters. The minimum atomic E-state index is -0.265. The standard InChI is InChI=1S/C16H23Cl2N3O/c1-3-19-16(21-8-7-12(22)10-21)20-9-11(2)15-13(17)5-4-6-14(15)18/h4-6,11-12,22H,3,7-10H2,1-2H3,(H,19,20)/t11?,12-/m1/s1. The lowest BCUT2D eigenvalue weighted by Crippen LogP contribution is -2.40. The van der Waals surface area contributed by atoms with Crippen molar-refractivity contribution in [2.75, 3.05) is 26.2 Å². The zero-order valence-corrected chi connectivity index (χ0v) is 14.5. The molecule has 1 heterocycles. The van der Waals surface area contributed by atoms with Crippen LogP contribution >= 0.6 is 23.2 Å². The van der Waals surface area contributed by atoms with Crippen LogP contribution in [0.2, 0.25) is 10.0 Å². The summed E-state index contributed by atoms with van der Waals surface area (Å²) in [7, 11) is 0. The van der Waals surface area contributed by atoms with Crippen molar-refractivity contribution < 1.29 is 5.11 Å². The molecule has 6 heteroatoms. The number of nitrogens with zero attached hydrogens (tertiary/aromatic N) is 2. The molecule has 1 aliphatic heterocycles. The maximum atomic E-state index is 9.69. The van der Waals surface area contributed by atoms with Crippen LogP contribution in [0.4, 0.5) is 0 Å². The highest BCUT2D eigenvalue weighted by molar-refractivity contribution is 6.36. The van der Waals surface area contributed by atoms with Crippen LogP contribution in [0.3, 0.4) is 0 Å². The first kappa shape index (κ1) is 17.4. The maximum Gasteiger partial charge on any atom is 0.194 e. The minimum absolute atomic E-state index is 0.127. The van der Waals surface area contributed by atoms with E-state index < -0.39 is 0 Å². The Labute approximate surface area is 142 Å². The fourth-order valence-corrected chi connectivity index (χ4v) is 3.43. The molecule has 4 nitrogen and oxygen atoms in total. The van der Waals surface area contributed by atoms with E-state index in [9.17, 15) is 5.11 Å². The van der Waals surface area contributed by atoms with Gasteiger partial charge in [0, 0.05) is 42.1 Å². The predicted octanol–water partition coefficient (Wildman–Crippen LogP) is 3.13. The molecule has 22 heavy (non-hydrogen) atoms. The van der Waals surface area contributed by atoms with E-state index in [1.807, 2.05) is 25.1 Å². The number of aliphatic imine (C=N–C) groups is 1. The minimum Gasteiger partial charge on any atom is -0.391 e. The second-order valence-electron chi connectivity index (χ2n) is 5.62. The van der Waals surface area contributed by atoms with Gasteiger partial charge in [0.25, 0.3) is 0 Å². The van der Waals surface area contributed by atoms with Gasteiger partial charge in [-0.1, -0.05) is 36.2 Å². The van der Waals surface area contributed by atoms with Crippen molar-refractivity contribution in [3.8, 4) is 0 Å². The summed E-state index contributed by atoms with van der Waals surface area (Å²) in [6.07, 6.45) is 0.523. The van der Waals surface area contributed by atoms with E-state index in [1.54, 1.807) is 0 Å². The SMILES string of the molecule is CCNC(=NCC(C)c1c(Cl)cccc1Cl)N1CC[C@@H](O)C1. The number of nitrogens with one attached hydrogen (secondary N) is 1. The van der Waals surface area contributed by atoms with Crippen LogP contribution in [0, 0.1) is 0 Å². The molecular weight excluding hydrogens is 321 g/mol. The quantitative estimate of drug-likeness (QED) is 0.652. The molecular formula is C16H23Cl2N3O. The van der Waals surface area contributed by atoms with Gasteiger partial charge in [0.1, 0.15) is 0 Å². The molecule has 122 valence electrons. The van der Waals surface area contributed by atoms with E-state index in [0.29, 0.717) is 23.1 Å². The molecule has 0 bridgehead atoms. The van der Waals surface area contributed by atoms with Crippen LogP contribution in [-0.2, 0) is 0 Å². The lowest BCUT2D eigenvalue weighted by atomic mass is 10.0. The van der Waals surface area contributed by atoms with Crippen LogP contribution < -0.4 is 5.32 Å². The fraction of sp³-hybridized carbons (Fsp3) is 0.562. The number of hydrogen-bond donors (Lipinski definition) is 2. The molecule has 1 aromatic carbocycles. The smallest absolute Gasteiger partial charge is 0.194 e. The van der Waals surface area contributed by atoms with Gasteiger partial charge < -0.3 is 15.3 Å². The Kier molecular flexibility index (Phi) is 6.36. The topological polar surface area (TPSA) is 47.9 Å². The lowest BCUT2D eigenvalue weighted by Gasteiger charge is -2.22. The van der Waals surface area contributed by atoms with Crippen LogP contribution in [0.5, 0.6) is 0 Å². The summed E-state index contributed by atoms with van der Waals surface area (Å²) in [6.45, 7) is 6.96. The highest BCUT2D eigenvalue weighted by Gasteiger charge is 2.23. The van der Waals surface area contributed by atoms with Gasteiger partial charge in [-0.3, -0.25) is 4.99 Å². The predicted molar refractivity (Wildman–Crippen MR) is 93.1 cm³/mol. The van der Waals surface area contributed by atoms with Crippen LogP contribution in [0.1, 0.15) is 31.7 Å². The Bertz CT molecular complexity index is 516. The van der Waals surface area contributed by atoms with Gasteiger partial charge in [-0.25, -0.2) is 0 Å². The first-order chi connectivity index (χ1) is 10.5. The third-order valence-electron chi connectivity index (χ3n) is 3.81. The summed E-state index contributed by atoms with van der Waals surface area (Å²) in [5.41, 5.74) is 0.937. The van der Waals surface area contributed by atoms with Gasteiger partial charge in [0.2, 0.25) is 0 Å². The highest BCUT2D eigenvalue weighted by atomic mass is 35.5. The highest BCUT2D eigenvalue weighted by Crippen LogP contribution is 2.31. The normalized spacial score (nSPS) is 20.3. The number of guanidine groups is 1. The van der Waals surface area contributed by atoms with Crippen molar-refractivity contribution in [3.63, 3.8) is 0 Å². The van der Waals surface area contributed by atoms with Gasteiger partial charge >= 0.3 is 0 Å². The molecule has 1 fully saturated rings. The van der Waals surface area contributed by atoms with Gasteiger partial charge in [-0.2, -0.15) is 0 Å². The molecule has 0 amide bonds. The Hall–Kier alpha value is -0.970. The van der Waals surface area contributed by atoms with Crippen molar-refractivity contribution in [1.82, 2.24) is 10.2 Å². The molecule has 2 rings (SSSR count). The largest absolute Gasteiger partial charge is 0.391 e. The van der Waals surface area contributed by atoms with Crippen molar-refractivity contribution in [3.05, 3.63) is 33.8 Å². The summed E-state index contributed by atoms with van der Waals surface area (Å²) in [4.78, 5) is 6.78. The summed E-state index contributed by atoms with van der Waals surface area (Å²) in [6, 6.07) is 5.55. The monoisotopic (exact) mass is 343 g/mol.